The van der Waals surface area contributed by atoms with Crippen LogP contribution in [0.1, 0.15) is 18.3 Å². The van der Waals surface area contributed by atoms with Gasteiger partial charge < -0.3 is 19.4 Å². The van der Waals surface area contributed by atoms with Crippen LogP contribution in [0.25, 0.3) is 0 Å². The second-order valence-electron chi connectivity index (χ2n) is 6.68. The fraction of sp³-hybridized carbons (Fsp3) is 0.556. The molecule has 3 heterocycles. The zero-order valence-corrected chi connectivity index (χ0v) is 15.4. The van der Waals surface area contributed by atoms with Gasteiger partial charge in [-0.25, -0.2) is 0 Å². The van der Waals surface area contributed by atoms with Crippen molar-refractivity contribution in [2.45, 2.75) is 26.3 Å². The molecule has 8 heteroatoms. The first-order chi connectivity index (χ1) is 12.4. The highest BCUT2D eigenvalue weighted by Gasteiger charge is 2.42. The Bertz CT molecular complexity index is 736. The molecule has 1 aromatic rings. The number of pyridine rings is 1. The van der Waals surface area contributed by atoms with Crippen molar-refractivity contribution in [2.24, 2.45) is 0 Å². The van der Waals surface area contributed by atoms with Gasteiger partial charge in [-0.15, -0.1) is 0 Å². The molecule has 1 atom stereocenters. The van der Waals surface area contributed by atoms with Crippen molar-refractivity contribution < 1.29 is 19.1 Å². The highest BCUT2D eigenvalue weighted by molar-refractivity contribution is 5.95. The van der Waals surface area contributed by atoms with Crippen molar-refractivity contribution in [3.8, 4) is 5.75 Å². The molecule has 2 aliphatic rings. The Labute approximate surface area is 152 Å². The zero-order chi connectivity index (χ0) is 18.8. The van der Waals surface area contributed by atoms with Gasteiger partial charge in [-0.2, -0.15) is 0 Å². The van der Waals surface area contributed by atoms with E-state index in [4.69, 9.17) is 4.74 Å². The van der Waals surface area contributed by atoms with Gasteiger partial charge in [0.2, 0.25) is 11.8 Å². The maximum absolute atomic E-state index is 12.5. The van der Waals surface area contributed by atoms with Crippen molar-refractivity contribution in [2.75, 3.05) is 39.8 Å². The van der Waals surface area contributed by atoms with Gasteiger partial charge in [0, 0.05) is 25.8 Å². The van der Waals surface area contributed by atoms with Gasteiger partial charge in [0.05, 0.1) is 18.8 Å². The number of nitrogens with zero attached hydrogens (tertiary/aromatic N) is 4. The van der Waals surface area contributed by atoms with Gasteiger partial charge in [-0.05, 0) is 25.5 Å². The monoisotopic (exact) mass is 360 g/mol. The molecule has 0 spiro atoms. The Kier molecular flexibility index (Phi) is 5.11. The van der Waals surface area contributed by atoms with E-state index in [1.54, 1.807) is 16.8 Å². The Morgan fingerprint density at radius 3 is 2.81 bits per heavy atom. The quantitative estimate of drug-likeness (QED) is 0.745. The van der Waals surface area contributed by atoms with Gasteiger partial charge in [-0.3, -0.25) is 19.4 Å². The van der Waals surface area contributed by atoms with Gasteiger partial charge >= 0.3 is 0 Å². The summed E-state index contributed by atoms with van der Waals surface area (Å²) in [6.07, 6.45) is 0.717. The summed E-state index contributed by atoms with van der Waals surface area (Å²) in [5.74, 6) is 0.215. The number of fused-ring (bicyclic) bond motifs is 1. The van der Waals surface area contributed by atoms with Crippen LogP contribution in [0.2, 0.25) is 0 Å². The SMILES string of the molecule is CCc1nc(C)ccc1OCC(=O)N1CCN2C(=O)CN(C)C(=O)[C@@H]2C1. The van der Waals surface area contributed by atoms with Crippen LogP contribution in [0, 0.1) is 6.92 Å². The average Bonchev–Trinajstić information content (AvgIpc) is 2.64. The molecule has 0 N–H and O–H groups in total. The molecule has 0 aliphatic carbocycles. The number of carbonyl (C=O) groups is 3. The number of likely N-dealkylation sites (N-methyl/N-ethyl adjacent to an activating group) is 1. The number of rotatable bonds is 4. The maximum Gasteiger partial charge on any atom is 0.260 e. The first-order valence-electron chi connectivity index (χ1n) is 8.82. The van der Waals surface area contributed by atoms with E-state index in [2.05, 4.69) is 4.98 Å². The molecule has 2 aliphatic heterocycles. The Morgan fingerprint density at radius 2 is 2.08 bits per heavy atom. The van der Waals surface area contributed by atoms with E-state index in [0.717, 1.165) is 17.8 Å². The lowest BCUT2D eigenvalue weighted by Crippen LogP contribution is -2.67. The van der Waals surface area contributed by atoms with Crippen molar-refractivity contribution in [1.29, 1.82) is 0 Å². The minimum absolute atomic E-state index is 0.0706. The molecule has 0 aromatic carbocycles. The molecule has 2 saturated heterocycles. The molecule has 0 radical (unpaired) electrons. The van der Waals surface area contributed by atoms with Crippen LogP contribution >= 0.6 is 0 Å². The van der Waals surface area contributed by atoms with Crippen molar-refractivity contribution in [3.05, 3.63) is 23.5 Å². The number of ether oxygens (including phenoxy) is 1. The highest BCUT2D eigenvalue weighted by Crippen LogP contribution is 2.19. The fourth-order valence-electron chi connectivity index (χ4n) is 3.36. The molecule has 2 fully saturated rings. The number of piperazine rings is 2. The predicted octanol–water partition coefficient (Wildman–Crippen LogP) is -0.157. The Balaban J connectivity index is 1.62. The lowest BCUT2D eigenvalue weighted by molar-refractivity contribution is -0.160. The van der Waals surface area contributed by atoms with E-state index in [1.165, 1.54) is 4.90 Å². The van der Waals surface area contributed by atoms with E-state index in [9.17, 15) is 14.4 Å². The van der Waals surface area contributed by atoms with Crippen LogP contribution < -0.4 is 4.74 Å². The fourth-order valence-corrected chi connectivity index (χ4v) is 3.36. The summed E-state index contributed by atoms with van der Waals surface area (Å²) in [6, 6.07) is 3.08. The first-order valence-corrected chi connectivity index (χ1v) is 8.82. The second kappa shape index (κ2) is 7.31. The summed E-state index contributed by atoms with van der Waals surface area (Å²) in [5, 5.41) is 0. The molecular weight excluding hydrogens is 336 g/mol. The third-order valence-electron chi connectivity index (χ3n) is 4.84. The van der Waals surface area contributed by atoms with Crippen LogP contribution in [0.4, 0.5) is 0 Å². The summed E-state index contributed by atoms with van der Waals surface area (Å²) in [7, 11) is 1.61. The zero-order valence-electron chi connectivity index (χ0n) is 15.4. The van der Waals surface area contributed by atoms with Crippen molar-refractivity contribution in [3.63, 3.8) is 0 Å². The summed E-state index contributed by atoms with van der Waals surface area (Å²) < 4.78 is 5.67. The van der Waals surface area contributed by atoms with Crippen LogP contribution in [-0.2, 0) is 20.8 Å². The molecular formula is C18H24N4O4. The van der Waals surface area contributed by atoms with E-state index < -0.39 is 6.04 Å². The topological polar surface area (TPSA) is 83.1 Å². The average molecular weight is 360 g/mol. The molecule has 8 nitrogen and oxygen atoms in total. The minimum atomic E-state index is -0.591. The number of aromatic nitrogens is 1. The summed E-state index contributed by atoms with van der Waals surface area (Å²) >= 11 is 0. The lowest BCUT2D eigenvalue weighted by atomic mass is 10.1. The smallest absolute Gasteiger partial charge is 0.260 e. The lowest BCUT2D eigenvalue weighted by Gasteiger charge is -2.45. The Hall–Kier alpha value is -2.64. The maximum atomic E-state index is 12.5. The molecule has 140 valence electrons. The summed E-state index contributed by atoms with van der Waals surface area (Å²) in [4.78, 5) is 45.9. The molecule has 1 aromatic heterocycles. The van der Waals surface area contributed by atoms with E-state index in [0.29, 0.717) is 18.8 Å². The first kappa shape index (κ1) is 18.2. The number of carbonyl (C=O) groups excluding carboxylic acids is 3. The van der Waals surface area contributed by atoms with Gasteiger partial charge in [0.25, 0.3) is 5.91 Å². The number of aryl methyl sites for hydroxylation is 2. The summed E-state index contributed by atoms with van der Waals surface area (Å²) in [6.45, 7) is 4.89. The van der Waals surface area contributed by atoms with Gasteiger partial charge in [0.15, 0.2) is 6.61 Å². The van der Waals surface area contributed by atoms with Crippen LogP contribution in [0.15, 0.2) is 12.1 Å². The van der Waals surface area contributed by atoms with Crippen LogP contribution in [0.5, 0.6) is 5.75 Å². The largest absolute Gasteiger partial charge is 0.482 e. The number of hydrogen-bond donors (Lipinski definition) is 0. The van der Waals surface area contributed by atoms with Crippen LogP contribution in [-0.4, -0.2) is 83.3 Å². The molecule has 0 saturated carbocycles. The number of amides is 3. The molecule has 3 amide bonds. The third-order valence-corrected chi connectivity index (χ3v) is 4.84. The second-order valence-corrected chi connectivity index (χ2v) is 6.68. The highest BCUT2D eigenvalue weighted by atomic mass is 16.5. The molecule has 26 heavy (non-hydrogen) atoms. The predicted molar refractivity (Wildman–Crippen MR) is 93.6 cm³/mol. The molecule has 0 bridgehead atoms. The van der Waals surface area contributed by atoms with Gasteiger partial charge in [-0.1, -0.05) is 6.92 Å². The van der Waals surface area contributed by atoms with Crippen molar-refractivity contribution in [1.82, 2.24) is 19.7 Å². The van der Waals surface area contributed by atoms with Crippen LogP contribution in [0.3, 0.4) is 0 Å². The van der Waals surface area contributed by atoms with E-state index in [-0.39, 0.29) is 37.4 Å². The normalized spacial score (nSPS) is 20.3. The Morgan fingerprint density at radius 1 is 1.31 bits per heavy atom. The van der Waals surface area contributed by atoms with Crippen molar-refractivity contribution >= 4 is 17.7 Å². The third kappa shape index (κ3) is 3.49. The van der Waals surface area contributed by atoms with E-state index in [1.807, 2.05) is 26.0 Å². The van der Waals surface area contributed by atoms with Gasteiger partial charge in [0.1, 0.15) is 11.8 Å². The summed E-state index contributed by atoms with van der Waals surface area (Å²) in [5.41, 5.74) is 1.72. The minimum Gasteiger partial charge on any atom is -0.482 e. The molecule has 3 rings (SSSR count). The number of hydrogen-bond acceptors (Lipinski definition) is 5. The van der Waals surface area contributed by atoms with E-state index >= 15 is 0 Å². The molecule has 0 unspecified atom stereocenters. The standard InChI is InChI=1S/C18H24N4O4/c1-4-13-15(6-5-12(2)19-13)26-11-17(24)21-7-8-22-14(9-21)18(25)20(3)10-16(22)23/h5-6,14H,4,7-11H2,1-3H3/t14-/m0/s1.